The van der Waals surface area contributed by atoms with Gasteiger partial charge in [0.25, 0.3) is 0 Å². The maximum Gasteiger partial charge on any atom is 0.0951 e. The lowest BCUT2D eigenvalue weighted by Crippen LogP contribution is -2.14. The van der Waals surface area contributed by atoms with Crippen LogP contribution in [0.1, 0.15) is 49.5 Å². The summed E-state index contributed by atoms with van der Waals surface area (Å²) in [4.78, 5) is 4.26. The van der Waals surface area contributed by atoms with Gasteiger partial charge in [-0.2, -0.15) is 5.10 Å². The van der Waals surface area contributed by atoms with E-state index < -0.39 is 0 Å². The first-order valence-electron chi connectivity index (χ1n) is 7.28. The summed E-state index contributed by atoms with van der Waals surface area (Å²) in [5.41, 5.74) is 4.85. The van der Waals surface area contributed by atoms with Crippen molar-refractivity contribution in [2.45, 2.75) is 53.8 Å². The quantitative estimate of drug-likeness (QED) is 0.881. The summed E-state index contributed by atoms with van der Waals surface area (Å²) in [5.74, 6) is 0. The highest BCUT2D eigenvalue weighted by Crippen LogP contribution is 2.16. The fourth-order valence-corrected chi connectivity index (χ4v) is 2.47. The van der Waals surface area contributed by atoms with Crippen molar-refractivity contribution in [1.29, 1.82) is 0 Å². The van der Waals surface area contributed by atoms with Gasteiger partial charge in [-0.25, -0.2) is 4.98 Å². The molecule has 110 valence electrons. The van der Waals surface area contributed by atoms with Crippen LogP contribution in [-0.4, -0.2) is 25.9 Å². The van der Waals surface area contributed by atoms with Crippen LogP contribution in [0.3, 0.4) is 0 Å². The third kappa shape index (κ3) is 2.93. The zero-order valence-electron chi connectivity index (χ0n) is 13.1. The van der Waals surface area contributed by atoms with Crippen LogP contribution in [0.25, 0.3) is 0 Å². The molecule has 2 rings (SSSR count). The van der Waals surface area contributed by atoms with Gasteiger partial charge in [-0.15, -0.1) is 0 Å². The Morgan fingerprint density at radius 3 is 2.70 bits per heavy atom. The molecule has 20 heavy (non-hydrogen) atoms. The van der Waals surface area contributed by atoms with Crippen LogP contribution >= 0.6 is 0 Å². The Hall–Kier alpha value is -1.62. The molecule has 0 radical (unpaired) electrons. The smallest absolute Gasteiger partial charge is 0.0951 e. The Balaban J connectivity index is 2.23. The van der Waals surface area contributed by atoms with Gasteiger partial charge >= 0.3 is 0 Å². The van der Waals surface area contributed by atoms with E-state index in [9.17, 15) is 0 Å². The summed E-state index contributed by atoms with van der Waals surface area (Å²) in [6.07, 6.45) is 3.83. The summed E-state index contributed by atoms with van der Waals surface area (Å²) in [5, 5.41) is 8.05. The highest BCUT2D eigenvalue weighted by Gasteiger charge is 2.13. The van der Waals surface area contributed by atoms with Gasteiger partial charge in [0.15, 0.2) is 0 Å². The van der Waals surface area contributed by atoms with Gasteiger partial charge in [-0.05, 0) is 34.2 Å². The molecule has 0 saturated carbocycles. The van der Waals surface area contributed by atoms with Crippen molar-refractivity contribution in [1.82, 2.24) is 24.6 Å². The minimum absolute atomic E-state index is 0.422. The molecule has 0 fully saturated rings. The van der Waals surface area contributed by atoms with Gasteiger partial charge < -0.3 is 9.88 Å². The van der Waals surface area contributed by atoms with Gasteiger partial charge in [-0.3, -0.25) is 4.68 Å². The summed E-state index contributed by atoms with van der Waals surface area (Å²) in [6, 6.07) is 0.422. The molecule has 0 spiro atoms. The number of nitrogens with zero attached hydrogens (tertiary/aromatic N) is 4. The standard InChI is InChI=1S/C15H25N5/c1-6-16-8-15-12(4)18-20(13(15)5)9-14-7-17-10-19(14)11(2)3/h7,10-11,16H,6,8-9H2,1-5H3. The SMILES string of the molecule is CCNCc1c(C)nn(Cc2cncn2C(C)C)c1C. The first kappa shape index (κ1) is 14.8. The van der Waals surface area contributed by atoms with Gasteiger partial charge in [-0.1, -0.05) is 6.92 Å². The number of hydrogen-bond donors (Lipinski definition) is 1. The van der Waals surface area contributed by atoms with Gasteiger partial charge in [0.2, 0.25) is 0 Å². The van der Waals surface area contributed by atoms with Crippen LogP contribution in [-0.2, 0) is 13.1 Å². The van der Waals surface area contributed by atoms with Crippen LogP contribution in [0.15, 0.2) is 12.5 Å². The van der Waals surface area contributed by atoms with Crippen molar-refractivity contribution in [2.75, 3.05) is 6.54 Å². The van der Waals surface area contributed by atoms with Gasteiger partial charge in [0.1, 0.15) is 0 Å². The second-order valence-electron chi connectivity index (χ2n) is 5.47. The molecule has 1 N–H and O–H groups in total. The van der Waals surface area contributed by atoms with Gasteiger partial charge in [0, 0.05) is 23.8 Å². The van der Waals surface area contributed by atoms with E-state index in [1.165, 1.54) is 17.0 Å². The fourth-order valence-electron chi connectivity index (χ4n) is 2.47. The third-order valence-corrected chi connectivity index (χ3v) is 3.70. The maximum atomic E-state index is 4.67. The molecule has 2 heterocycles. The summed E-state index contributed by atoms with van der Waals surface area (Å²) in [6.45, 7) is 13.3. The number of aromatic nitrogens is 4. The number of nitrogens with one attached hydrogen (secondary N) is 1. The molecule has 5 heteroatoms. The maximum absolute atomic E-state index is 4.67. The zero-order chi connectivity index (χ0) is 14.7. The largest absolute Gasteiger partial charge is 0.330 e. The van der Waals surface area contributed by atoms with Crippen LogP contribution in [0, 0.1) is 13.8 Å². The lowest BCUT2D eigenvalue weighted by molar-refractivity contribution is 0.542. The summed E-state index contributed by atoms with van der Waals surface area (Å²) in [7, 11) is 0. The molecular weight excluding hydrogens is 250 g/mol. The lowest BCUT2D eigenvalue weighted by Gasteiger charge is -2.12. The predicted octanol–water partition coefficient (Wildman–Crippen LogP) is 2.44. The van der Waals surface area contributed by atoms with Crippen LogP contribution in [0.2, 0.25) is 0 Å². The molecule has 0 atom stereocenters. The average molecular weight is 275 g/mol. The number of aryl methyl sites for hydroxylation is 1. The van der Waals surface area contributed by atoms with E-state index in [-0.39, 0.29) is 0 Å². The van der Waals surface area contributed by atoms with E-state index in [2.05, 4.69) is 59.3 Å². The highest BCUT2D eigenvalue weighted by molar-refractivity contribution is 5.25. The Morgan fingerprint density at radius 2 is 2.05 bits per heavy atom. The molecule has 0 amide bonds. The molecule has 0 saturated heterocycles. The molecule has 0 aromatic carbocycles. The van der Waals surface area contributed by atoms with Crippen molar-refractivity contribution < 1.29 is 0 Å². The van der Waals surface area contributed by atoms with E-state index in [1.807, 2.05) is 12.5 Å². The van der Waals surface area contributed by atoms with Gasteiger partial charge in [0.05, 0.1) is 30.5 Å². The van der Waals surface area contributed by atoms with Crippen molar-refractivity contribution in [3.63, 3.8) is 0 Å². The first-order chi connectivity index (χ1) is 9.54. The third-order valence-electron chi connectivity index (χ3n) is 3.70. The topological polar surface area (TPSA) is 47.7 Å². The van der Waals surface area contributed by atoms with Crippen LogP contribution < -0.4 is 5.32 Å². The second-order valence-corrected chi connectivity index (χ2v) is 5.47. The molecular formula is C15H25N5. The Kier molecular flexibility index (Phi) is 4.60. The molecule has 0 bridgehead atoms. The van der Waals surface area contributed by atoms with E-state index in [0.29, 0.717) is 6.04 Å². The normalized spacial score (nSPS) is 11.5. The van der Waals surface area contributed by atoms with Crippen LogP contribution in [0.4, 0.5) is 0 Å². The molecule has 0 aliphatic rings. The molecule has 5 nitrogen and oxygen atoms in total. The predicted molar refractivity (Wildman–Crippen MR) is 80.8 cm³/mol. The van der Waals surface area contributed by atoms with E-state index in [1.54, 1.807) is 0 Å². The lowest BCUT2D eigenvalue weighted by atomic mass is 10.2. The van der Waals surface area contributed by atoms with E-state index in [0.717, 1.165) is 25.3 Å². The highest BCUT2D eigenvalue weighted by atomic mass is 15.3. The first-order valence-corrected chi connectivity index (χ1v) is 7.28. The average Bonchev–Trinajstić information content (AvgIpc) is 2.95. The number of rotatable bonds is 6. The Labute approximate surface area is 121 Å². The number of hydrogen-bond acceptors (Lipinski definition) is 3. The fraction of sp³-hybridized carbons (Fsp3) is 0.600. The molecule has 0 aliphatic heterocycles. The second kappa shape index (κ2) is 6.22. The molecule has 2 aromatic heterocycles. The minimum Gasteiger partial charge on any atom is -0.330 e. The Bertz CT molecular complexity index is 565. The molecule has 2 aromatic rings. The summed E-state index contributed by atoms with van der Waals surface area (Å²) >= 11 is 0. The monoisotopic (exact) mass is 275 g/mol. The van der Waals surface area contributed by atoms with Crippen LogP contribution in [0.5, 0.6) is 0 Å². The zero-order valence-corrected chi connectivity index (χ0v) is 13.1. The Morgan fingerprint density at radius 1 is 1.30 bits per heavy atom. The van der Waals surface area contributed by atoms with E-state index in [4.69, 9.17) is 0 Å². The van der Waals surface area contributed by atoms with Crippen molar-refractivity contribution in [2.24, 2.45) is 0 Å². The van der Waals surface area contributed by atoms with E-state index >= 15 is 0 Å². The van der Waals surface area contributed by atoms with Crippen molar-refractivity contribution in [3.8, 4) is 0 Å². The minimum atomic E-state index is 0.422. The summed E-state index contributed by atoms with van der Waals surface area (Å²) < 4.78 is 4.28. The van der Waals surface area contributed by atoms with Crippen molar-refractivity contribution >= 4 is 0 Å². The molecule has 0 unspecified atom stereocenters. The molecule has 0 aliphatic carbocycles. The number of imidazole rings is 1. The van der Waals surface area contributed by atoms with Crippen molar-refractivity contribution in [3.05, 3.63) is 35.2 Å².